The summed E-state index contributed by atoms with van der Waals surface area (Å²) in [6, 6.07) is 20.2. The van der Waals surface area contributed by atoms with Crippen LogP contribution in [0.1, 0.15) is 17.7 Å². The van der Waals surface area contributed by atoms with Crippen LogP contribution < -0.4 is 0 Å². The van der Waals surface area contributed by atoms with Gasteiger partial charge in [-0.15, -0.1) is 0 Å². The third kappa shape index (κ3) is 3.03. The van der Waals surface area contributed by atoms with E-state index in [9.17, 15) is 9.90 Å². The average molecular weight is 308 g/mol. The lowest BCUT2D eigenvalue weighted by Crippen LogP contribution is -2.30. The molecule has 0 saturated carbocycles. The summed E-state index contributed by atoms with van der Waals surface area (Å²) >= 11 is 0. The highest BCUT2D eigenvalue weighted by Gasteiger charge is 2.37. The molecule has 1 atom stereocenters. The minimum Gasteiger partial charge on any atom is -0.481 e. The maximum absolute atomic E-state index is 11.2. The standard InChI is InChI=1S/C19H16O4/c20-18(21)13-19(22,17-7-4-12-23-17)16-10-8-15(9-11-16)14-5-2-1-3-6-14/h1-12,22H,13H2,(H,20,21). The van der Waals surface area contributed by atoms with Gasteiger partial charge in [0.15, 0.2) is 5.60 Å². The second-order valence-electron chi connectivity index (χ2n) is 5.35. The number of benzene rings is 2. The van der Waals surface area contributed by atoms with Gasteiger partial charge < -0.3 is 14.6 Å². The largest absolute Gasteiger partial charge is 0.481 e. The molecule has 0 spiro atoms. The molecular formula is C19H16O4. The van der Waals surface area contributed by atoms with Crippen LogP contribution in [0.15, 0.2) is 77.4 Å². The molecule has 4 nitrogen and oxygen atoms in total. The van der Waals surface area contributed by atoms with Gasteiger partial charge in [-0.3, -0.25) is 4.79 Å². The summed E-state index contributed by atoms with van der Waals surface area (Å²) in [5.41, 5.74) is 0.838. The van der Waals surface area contributed by atoms with Crippen LogP contribution in [0.4, 0.5) is 0 Å². The molecule has 4 heteroatoms. The molecule has 3 rings (SSSR count). The lowest BCUT2D eigenvalue weighted by Gasteiger charge is -2.25. The van der Waals surface area contributed by atoms with Crippen LogP contribution in [0.2, 0.25) is 0 Å². The van der Waals surface area contributed by atoms with E-state index in [1.807, 2.05) is 42.5 Å². The van der Waals surface area contributed by atoms with Crippen molar-refractivity contribution in [2.75, 3.05) is 0 Å². The van der Waals surface area contributed by atoms with Crippen LogP contribution in [0.25, 0.3) is 11.1 Å². The molecule has 1 unspecified atom stereocenters. The number of furan rings is 1. The summed E-state index contributed by atoms with van der Waals surface area (Å²) < 4.78 is 5.26. The fraction of sp³-hybridized carbons (Fsp3) is 0.105. The number of aliphatic carboxylic acids is 1. The number of hydrogen-bond acceptors (Lipinski definition) is 3. The highest BCUT2D eigenvalue weighted by atomic mass is 16.4. The molecule has 1 aromatic heterocycles. The first kappa shape index (κ1) is 15.1. The fourth-order valence-electron chi connectivity index (χ4n) is 2.63. The molecule has 1 heterocycles. The monoisotopic (exact) mass is 308 g/mol. The Bertz CT molecular complexity index is 776. The van der Waals surface area contributed by atoms with E-state index in [4.69, 9.17) is 9.52 Å². The smallest absolute Gasteiger partial charge is 0.307 e. The molecule has 23 heavy (non-hydrogen) atoms. The predicted octanol–water partition coefficient (Wildman–Crippen LogP) is 3.66. The number of hydrogen-bond donors (Lipinski definition) is 2. The molecule has 3 aromatic rings. The highest BCUT2D eigenvalue weighted by molar-refractivity contribution is 5.70. The van der Waals surface area contributed by atoms with Crippen LogP contribution in [0.3, 0.4) is 0 Å². The summed E-state index contributed by atoms with van der Waals surface area (Å²) in [4.78, 5) is 11.2. The Balaban J connectivity index is 1.99. The van der Waals surface area contributed by atoms with Crippen LogP contribution in [0.5, 0.6) is 0 Å². The molecule has 0 amide bonds. The SMILES string of the molecule is O=C(O)CC(O)(c1ccc(-c2ccccc2)cc1)c1ccco1. The van der Waals surface area contributed by atoms with Gasteiger partial charge in [0.2, 0.25) is 0 Å². The van der Waals surface area contributed by atoms with Gasteiger partial charge in [0.05, 0.1) is 12.7 Å². The first-order chi connectivity index (χ1) is 11.1. The van der Waals surface area contributed by atoms with Crippen molar-refractivity contribution in [1.29, 1.82) is 0 Å². The van der Waals surface area contributed by atoms with Gasteiger partial charge in [-0.05, 0) is 28.8 Å². The Morgan fingerprint density at radius 2 is 1.57 bits per heavy atom. The van der Waals surface area contributed by atoms with Gasteiger partial charge in [-0.25, -0.2) is 0 Å². The normalized spacial score (nSPS) is 13.4. The van der Waals surface area contributed by atoms with Gasteiger partial charge in [0, 0.05) is 0 Å². The Morgan fingerprint density at radius 1 is 0.913 bits per heavy atom. The average Bonchev–Trinajstić information content (AvgIpc) is 3.10. The van der Waals surface area contributed by atoms with Crippen molar-refractivity contribution < 1.29 is 19.4 Å². The molecule has 0 fully saturated rings. The van der Waals surface area contributed by atoms with Gasteiger partial charge in [-0.1, -0.05) is 54.6 Å². The van der Waals surface area contributed by atoms with Crippen molar-refractivity contribution in [1.82, 2.24) is 0 Å². The first-order valence-corrected chi connectivity index (χ1v) is 7.24. The quantitative estimate of drug-likeness (QED) is 0.754. The minimum absolute atomic E-state index is 0.215. The van der Waals surface area contributed by atoms with E-state index in [0.29, 0.717) is 5.56 Å². The Labute approximate surface area is 133 Å². The number of carbonyl (C=O) groups is 1. The van der Waals surface area contributed by atoms with E-state index in [1.165, 1.54) is 6.26 Å². The molecule has 0 aliphatic heterocycles. The predicted molar refractivity (Wildman–Crippen MR) is 85.8 cm³/mol. The van der Waals surface area contributed by atoms with Crippen molar-refractivity contribution >= 4 is 5.97 Å². The molecule has 0 radical (unpaired) electrons. The maximum atomic E-state index is 11.2. The third-order valence-electron chi connectivity index (χ3n) is 3.81. The van der Waals surface area contributed by atoms with Crippen molar-refractivity contribution in [3.63, 3.8) is 0 Å². The number of rotatable bonds is 5. The van der Waals surface area contributed by atoms with Crippen molar-refractivity contribution in [3.05, 3.63) is 84.3 Å². The zero-order valence-corrected chi connectivity index (χ0v) is 12.3. The molecule has 0 aliphatic rings. The third-order valence-corrected chi connectivity index (χ3v) is 3.81. The van der Waals surface area contributed by atoms with E-state index in [2.05, 4.69) is 0 Å². The molecule has 2 N–H and O–H groups in total. The summed E-state index contributed by atoms with van der Waals surface area (Å²) in [5, 5.41) is 20.0. The summed E-state index contributed by atoms with van der Waals surface area (Å²) in [5.74, 6) is -0.886. The van der Waals surface area contributed by atoms with Crippen LogP contribution in [-0.4, -0.2) is 16.2 Å². The molecule has 0 aliphatic carbocycles. The number of carboxylic acid groups (broad SMARTS) is 1. The lowest BCUT2D eigenvalue weighted by molar-refractivity contribution is -0.142. The van der Waals surface area contributed by atoms with E-state index in [1.54, 1.807) is 24.3 Å². The minimum atomic E-state index is -1.69. The zero-order valence-electron chi connectivity index (χ0n) is 12.3. The summed E-state index contributed by atoms with van der Waals surface area (Å²) in [6.45, 7) is 0. The second-order valence-corrected chi connectivity index (χ2v) is 5.35. The van der Waals surface area contributed by atoms with Crippen LogP contribution >= 0.6 is 0 Å². The summed E-state index contributed by atoms with van der Waals surface area (Å²) in [7, 11) is 0. The molecule has 0 saturated heterocycles. The number of carboxylic acids is 1. The second kappa shape index (κ2) is 6.10. The maximum Gasteiger partial charge on any atom is 0.307 e. The Kier molecular flexibility index (Phi) is 4.00. The Hall–Kier alpha value is -2.85. The van der Waals surface area contributed by atoms with E-state index < -0.39 is 18.0 Å². The molecular weight excluding hydrogens is 292 g/mol. The fourth-order valence-corrected chi connectivity index (χ4v) is 2.63. The van der Waals surface area contributed by atoms with E-state index in [0.717, 1.165) is 11.1 Å². The van der Waals surface area contributed by atoms with E-state index >= 15 is 0 Å². The molecule has 0 bridgehead atoms. The van der Waals surface area contributed by atoms with Crippen molar-refractivity contribution in [3.8, 4) is 11.1 Å². The highest BCUT2D eigenvalue weighted by Crippen LogP contribution is 2.34. The van der Waals surface area contributed by atoms with Crippen molar-refractivity contribution in [2.24, 2.45) is 0 Å². The summed E-state index contributed by atoms with van der Waals surface area (Å²) in [6.07, 6.45) is 0.950. The Morgan fingerprint density at radius 3 is 2.13 bits per heavy atom. The van der Waals surface area contributed by atoms with Gasteiger partial charge >= 0.3 is 5.97 Å². The van der Waals surface area contributed by atoms with Crippen LogP contribution in [-0.2, 0) is 10.4 Å². The molecule has 2 aromatic carbocycles. The van der Waals surface area contributed by atoms with E-state index in [-0.39, 0.29) is 5.76 Å². The van der Waals surface area contributed by atoms with Gasteiger partial charge in [0.25, 0.3) is 0 Å². The van der Waals surface area contributed by atoms with Crippen LogP contribution in [0, 0.1) is 0 Å². The first-order valence-electron chi connectivity index (χ1n) is 7.24. The zero-order chi connectivity index (χ0) is 16.3. The van der Waals surface area contributed by atoms with Gasteiger partial charge in [0.1, 0.15) is 5.76 Å². The number of aliphatic hydroxyl groups is 1. The topological polar surface area (TPSA) is 70.7 Å². The van der Waals surface area contributed by atoms with Gasteiger partial charge in [-0.2, -0.15) is 0 Å². The van der Waals surface area contributed by atoms with Crippen molar-refractivity contribution in [2.45, 2.75) is 12.0 Å². The lowest BCUT2D eigenvalue weighted by atomic mass is 9.87. The molecule has 116 valence electrons.